The van der Waals surface area contributed by atoms with Gasteiger partial charge < -0.3 is 9.47 Å². The van der Waals surface area contributed by atoms with Crippen molar-refractivity contribution >= 4 is 22.9 Å². The summed E-state index contributed by atoms with van der Waals surface area (Å²) in [6.07, 6.45) is 1.56. The molecule has 0 aliphatic carbocycles. The number of amides is 1. The van der Waals surface area contributed by atoms with Gasteiger partial charge in [0.2, 0.25) is 0 Å². The van der Waals surface area contributed by atoms with Crippen LogP contribution >= 0.6 is 0 Å². The first kappa shape index (κ1) is 16.5. The molecule has 1 amide bonds. The minimum Gasteiger partial charge on any atom is -0.497 e. The second-order valence-corrected chi connectivity index (χ2v) is 5.36. The van der Waals surface area contributed by atoms with Gasteiger partial charge in [-0.2, -0.15) is 5.10 Å². The number of carbonyl (C=O) groups is 1. The maximum absolute atomic E-state index is 11.8. The summed E-state index contributed by atoms with van der Waals surface area (Å²) in [5.74, 6) is 1.09. The van der Waals surface area contributed by atoms with Crippen LogP contribution in [0.3, 0.4) is 0 Å². The number of benzene rings is 3. The number of nitrogens with one attached hydrogen (secondary N) is 1. The monoisotopic (exact) mass is 334 g/mol. The lowest BCUT2D eigenvalue weighted by Gasteiger charge is -2.06. The van der Waals surface area contributed by atoms with Crippen LogP contribution in [0.15, 0.2) is 71.8 Å². The lowest BCUT2D eigenvalue weighted by Crippen LogP contribution is -2.24. The summed E-state index contributed by atoms with van der Waals surface area (Å²) >= 11 is 0. The summed E-state index contributed by atoms with van der Waals surface area (Å²) in [6, 6.07) is 21.0. The Kier molecular flexibility index (Phi) is 5.26. The molecule has 25 heavy (non-hydrogen) atoms. The van der Waals surface area contributed by atoms with E-state index in [1.807, 2.05) is 66.7 Å². The average Bonchev–Trinajstić information content (AvgIpc) is 2.67. The second kappa shape index (κ2) is 7.97. The topological polar surface area (TPSA) is 59.9 Å². The number of hydrazone groups is 1. The summed E-state index contributed by atoms with van der Waals surface area (Å²) in [5, 5.41) is 6.11. The Morgan fingerprint density at radius 2 is 1.72 bits per heavy atom. The van der Waals surface area contributed by atoms with E-state index in [0.717, 1.165) is 22.1 Å². The van der Waals surface area contributed by atoms with E-state index in [-0.39, 0.29) is 12.5 Å². The maximum Gasteiger partial charge on any atom is 0.277 e. The van der Waals surface area contributed by atoms with Crippen molar-refractivity contribution in [3.63, 3.8) is 0 Å². The number of carbonyl (C=O) groups excluding carboxylic acids is 1. The molecule has 5 nitrogen and oxygen atoms in total. The molecule has 0 saturated heterocycles. The Morgan fingerprint density at radius 3 is 2.48 bits per heavy atom. The lowest BCUT2D eigenvalue weighted by atomic mass is 10.1. The molecule has 3 rings (SSSR count). The Labute approximate surface area is 145 Å². The van der Waals surface area contributed by atoms with E-state index in [1.54, 1.807) is 13.3 Å². The van der Waals surface area contributed by atoms with Crippen LogP contribution in [0.5, 0.6) is 11.5 Å². The van der Waals surface area contributed by atoms with Crippen LogP contribution in [0.4, 0.5) is 0 Å². The van der Waals surface area contributed by atoms with Crippen molar-refractivity contribution in [1.82, 2.24) is 5.43 Å². The minimum atomic E-state index is -0.321. The average molecular weight is 334 g/mol. The lowest BCUT2D eigenvalue weighted by molar-refractivity contribution is -0.123. The van der Waals surface area contributed by atoms with E-state index < -0.39 is 0 Å². The zero-order valence-electron chi connectivity index (χ0n) is 13.8. The SMILES string of the molecule is COc1ccc(/C=N/NC(=O)COc2ccc3ccccc3c2)cc1. The molecule has 0 spiro atoms. The Morgan fingerprint density at radius 1 is 1.00 bits per heavy atom. The first-order valence-corrected chi connectivity index (χ1v) is 7.82. The van der Waals surface area contributed by atoms with Gasteiger partial charge in [0.15, 0.2) is 6.61 Å². The van der Waals surface area contributed by atoms with Gasteiger partial charge in [-0.3, -0.25) is 4.79 Å². The van der Waals surface area contributed by atoms with E-state index in [9.17, 15) is 4.79 Å². The van der Waals surface area contributed by atoms with Crippen molar-refractivity contribution in [3.05, 3.63) is 72.3 Å². The highest BCUT2D eigenvalue weighted by Crippen LogP contribution is 2.20. The quantitative estimate of drug-likeness (QED) is 0.555. The highest BCUT2D eigenvalue weighted by Gasteiger charge is 2.02. The smallest absolute Gasteiger partial charge is 0.277 e. The molecule has 3 aromatic carbocycles. The normalized spacial score (nSPS) is 10.8. The molecular formula is C20H18N2O3. The molecule has 0 fully saturated rings. The molecule has 0 aliphatic rings. The standard InChI is InChI=1S/C20H18N2O3/c1-24-18-9-6-15(7-10-18)13-21-22-20(23)14-25-19-11-8-16-4-2-3-5-17(16)12-19/h2-13H,14H2,1H3,(H,22,23)/b21-13+. The highest BCUT2D eigenvalue weighted by molar-refractivity contribution is 5.84. The number of methoxy groups -OCH3 is 1. The van der Waals surface area contributed by atoms with Gasteiger partial charge >= 0.3 is 0 Å². The first-order valence-electron chi connectivity index (χ1n) is 7.82. The molecule has 0 bridgehead atoms. The van der Waals surface area contributed by atoms with E-state index >= 15 is 0 Å². The van der Waals surface area contributed by atoms with Crippen LogP contribution < -0.4 is 14.9 Å². The van der Waals surface area contributed by atoms with E-state index in [1.165, 1.54) is 0 Å². The maximum atomic E-state index is 11.8. The number of nitrogens with zero attached hydrogens (tertiary/aromatic N) is 1. The van der Waals surface area contributed by atoms with Crippen molar-refractivity contribution in [2.75, 3.05) is 13.7 Å². The molecule has 0 radical (unpaired) electrons. The van der Waals surface area contributed by atoms with Crippen molar-refractivity contribution in [1.29, 1.82) is 0 Å². The van der Waals surface area contributed by atoms with Gasteiger partial charge in [0.25, 0.3) is 5.91 Å². The fourth-order valence-electron chi connectivity index (χ4n) is 2.31. The van der Waals surface area contributed by atoms with E-state index in [4.69, 9.17) is 9.47 Å². The largest absolute Gasteiger partial charge is 0.497 e. The summed E-state index contributed by atoms with van der Waals surface area (Å²) in [5.41, 5.74) is 3.30. The first-order chi connectivity index (χ1) is 12.2. The highest BCUT2D eigenvalue weighted by atomic mass is 16.5. The van der Waals surface area contributed by atoms with Crippen LogP contribution in [-0.4, -0.2) is 25.8 Å². The molecule has 0 atom stereocenters. The third-order valence-corrected chi connectivity index (χ3v) is 3.61. The number of ether oxygens (including phenoxy) is 2. The molecule has 1 N–H and O–H groups in total. The molecule has 3 aromatic rings. The third-order valence-electron chi connectivity index (χ3n) is 3.61. The number of fused-ring (bicyclic) bond motifs is 1. The second-order valence-electron chi connectivity index (χ2n) is 5.36. The fraction of sp³-hybridized carbons (Fsp3) is 0.100. The minimum absolute atomic E-state index is 0.0989. The Bertz CT molecular complexity index is 889. The molecule has 5 heteroatoms. The van der Waals surface area contributed by atoms with Crippen LogP contribution in [0.25, 0.3) is 10.8 Å². The van der Waals surface area contributed by atoms with Gasteiger partial charge in [-0.05, 0) is 52.7 Å². The molecular weight excluding hydrogens is 316 g/mol. The summed E-state index contributed by atoms with van der Waals surface area (Å²) in [6.45, 7) is -0.0989. The zero-order chi connectivity index (χ0) is 17.5. The van der Waals surface area contributed by atoms with Gasteiger partial charge in [-0.15, -0.1) is 0 Å². The van der Waals surface area contributed by atoms with Crippen LogP contribution in [0.2, 0.25) is 0 Å². The molecule has 0 aromatic heterocycles. The predicted octanol–water partition coefficient (Wildman–Crippen LogP) is 3.38. The molecule has 0 heterocycles. The van der Waals surface area contributed by atoms with Crippen LogP contribution in [0.1, 0.15) is 5.56 Å². The van der Waals surface area contributed by atoms with Crippen molar-refractivity contribution < 1.29 is 14.3 Å². The van der Waals surface area contributed by atoms with E-state index in [0.29, 0.717) is 5.75 Å². The Balaban J connectivity index is 1.50. The van der Waals surface area contributed by atoms with Crippen LogP contribution in [0, 0.1) is 0 Å². The number of hydrogen-bond donors (Lipinski definition) is 1. The van der Waals surface area contributed by atoms with Gasteiger partial charge in [0.05, 0.1) is 13.3 Å². The third kappa shape index (κ3) is 4.57. The summed E-state index contributed by atoms with van der Waals surface area (Å²) in [7, 11) is 1.61. The van der Waals surface area contributed by atoms with E-state index in [2.05, 4.69) is 10.5 Å². The van der Waals surface area contributed by atoms with Gasteiger partial charge in [-0.1, -0.05) is 30.3 Å². The number of rotatable bonds is 6. The zero-order valence-corrected chi connectivity index (χ0v) is 13.8. The molecule has 0 unspecified atom stereocenters. The van der Waals surface area contributed by atoms with Crippen molar-refractivity contribution in [2.45, 2.75) is 0 Å². The molecule has 126 valence electrons. The predicted molar refractivity (Wildman–Crippen MR) is 98.2 cm³/mol. The van der Waals surface area contributed by atoms with Gasteiger partial charge in [-0.25, -0.2) is 5.43 Å². The van der Waals surface area contributed by atoms with Crippen LogP contribution in [-0.2, 0) is 4.79 Å². The summed E-state index contributed by atoms with van der Waals surface area (Å²) < 4.78 is 10.6. The van der Waals surface area contributed by atoms with Crippen molar-refractivity contribution in [3.8, 4) is 11.5 Å². The van der Waals surface area contributed by atoms with Gasteiger partial charge in [0.1, 0.15) is 11.5 Å². The Hall–Kier alpha value is -3.34. The number of hydrogen-bond acceptors (Lipinski definition) is 4. The fourth-order valence-corrected chi connectivity index (χ4v) is 2.31. The summed E-state index contributed by atoms with van der Waals surface area (Å²) in [4.78, 5) is 11.8. The molecule has 0 aliphatic heterocycles. The van der Waals surface area contributed by atoms with Crippen molar-refractivity contribution in [2.24, 2.45) is 5.10 Å². The van der Waals surface area contributed by atoms with Gasteiger partial charge in [0, 0.05) is 0 Å². The molecule has 0 saturated carbocycles.